The molecule has 3 aromatic rings. The molecule has 1 aromatic heterocycles. The number of carbonyl (C=O) groups is 1. The topological polar surface area (TPSA) is 75.5 Å². The lowest BCUT2D eigenvalue weighted by molar-refractivity contribution is -0.135. The minimum Gasteiger partial charge on any atom is -0.340 e. The van der Waals surface area contributed by atoms with Gasteiger partial charge in [0, 0.05) is 42.5 Å². The van der Waals surface area contributed by atoms with Crippen molar-refractivity contribution in [1.29, 1.82) is 0 Å². The normalized spacial score (nSPS) is 17.1. The van der Waals surface area contributed by atoms with Gasteiger partial charge in [0.05, 0.1) is 17.6 Å². The summed E-state index contributed by atoms with van der Waals surface area (Å²) in [6.07, 6.45) is 5.21. The predicted octanol–water partition coefficient (Wildman–Crippen LogP) is 3.97. The average Bonchev–Trinajstić information content (AvgIpc) is 3.22. The first kappa shape index (κ1) is 23.5. The molecular formula is C24H27ClN4O3S. The molecule has 0 bridgehead atoms. The Kier molecular flexibility index (Phi) is 6.88. The molecule has 4 rings (SSSR count). The van der Waals surface area contributed by atoms with E-state index in [1.807, 2.05) is 60.8 Å². The van der Waals surface area contributed by atoms with Gasteiger partial charge in [-0.3, -0.25) is 4.79 Å². The highest BCUT2D eigenvalue weighted by Gasteiger charge is 2.36. The van der Waals surface area contributed by atoms with Gasteiger partial charge in [-0.15, -0.1) is 0 Å². The number of aromatic nitrogens is 2. The number of para-hydroxylation sites is 1. The summed E-state index contributed by atoms with van der Waals surface area (Å²) in [7, 11) is -1.75. The molecule has 0 saturated carbocycles. The van der Waals surface area contributed by atoms with Gasteiger partial charge in [-0.2, -0.15) is 9.40 Å². The van der Waals surface area contributed by atoms with Crippen molar-refractivity contribution in [2.45, 2.75) is 31.8 Å². The lowest BCUT2D eigenvalue weighted by Crippen LogP contribution is -2.51. The summed E-state index contributed by atoms with van der Waals surface area (Å²) in [5.74, 6) is -0.199. The largest absolute Gasteiger partial charge is 0.340 e. The van der Waals surface area contributed by atoms with E-state index in [9.17, 15) is 13.2 Å². The number of hydrogen-bond donors (Lipinski definition) is 0. The molecule has 1 aliphatic heterocycles. The first-order chi connectivity index (χ1) is 15.7. The van der Waals surface area contributed by atoms with Crippen LogP contribution in [0.25, 0.3) is 16.9 Å². The Morgan fingerprint density at radius 1 is 1.12 bits per heavy atom. The molecular weight excluding hydrogens is 460 g/mol. The highest BCUT2D eigenvalue weighted by Crippen LogP contribution is 2.27. The van der Waals surface area contributed by atoms with Crippen molar-refractivity contribution >= 4 is 27.5 Å². The maximum absolute atomic E-state index is 13.3. The first-order valence-corrected chi connectivity index (χ1v) is 13.1. The van der Waals surface area contributed by atoms with E-state index >= 15 is 0 Å². The third-order valence-corrected chi connectivity index (χ3v) is 7.42. The van der Waals surface area contributed by atoms with E-state index in [-0.39, 0.29) is 5.91 Å². The molecule has 1 atom stereocenters. The molecule has 33 heavy (non-hydrogen) atoms. The zero-order chi connectivity index (χ0) is 23.6. The molecule has 1 amide bonds. The molecule has 2 heterocycles. The fraction of sp³-hybridized carbons (Fsp3) is 0.333. The van der Waals surface area contributed by atoms with Crippen LogP contribution in [0.2, 0.25) is 5.02 Å². The quantitative estimate of drug-likeness (QED) is 0.528. The van der Waals surface area contributed by atoms with E-state index in [4.69, 9.17) is 16.7 Å². The number of sulfonamides is 1. The first-order valence-electron chi connectivity index (χ1n) is 10.9. The van der Waals surface area contributed by atoms with Crippen LogP contribution >= 0.6 is 11.6 Å². The second kappa shape index (κ2) is 9.67. The number of carbonyl (C=O) groups excluding carboxylic acids is 1. The molecule has 1 unspecified atom stereocenters. The molecule has 174 valence electrons. The van der Waals surface area contributed by atoms with Crippen molar-refractivity contribution in [1.82, 2.24) is 19.0 Å². The van der Waals surface area contributed by atoms with Crippen molar-refractivity contribution in [3.05, 3.63) is 71.4 Å². The van der Waals surface area contributed by atoms with Crippen LogP contribution in [0.15, 0.2) is 60.8 Å². The summed E-state index contributed by atoms with van der Waals surface area (Å²) >= 11 is 6.07. The number of piperidine rings is 1. The van der Waals surface area contributed by atoms with Crippen LogP contribution in [-0.2, 0) is 21.4 Å². The fourth-order valence-corrected chi connectivity index (χ4v) is 5.47. The molecule has 0 radical (unpaired) electrons. The van der Waals surface area contributed by atoms with Crippen molar-refractivity contribution < 1.29 is 13.2 Å². The lowest BCUT2D eigenvalue weighted by Gasteiger charge is -2.35. The Bertz CT molecular complexity index is 1230. The lowest BCUT2D eigenvalue weighted by atomic mass is 10.0. The number of nitrogens with zero attached hydrogens (tertiary/aromatic N) is 4. The number of benzene rings is 2. The summed E-state index contributed by atoms with van der Waals surface area (Å²) in [6.45, 7) is 0.683. The summed E-state index contributed by atoms with van der Waals surface area (Å²) in [6, 6.07) is 16.5. The monoisotopic (exact) mass is 486 g/mol. The van der Waals surface area contributed by atoms with Gasteiger partial charge in [-0.1, -0.05) is 48.4 Å². The molecule has 1 saturated heterocycles. The summed E-state index contributed by atoms with van der Waals surface area (Å²) < 4.78 is 27.6. The van der Waals surface area contributed by atoms with E-state index in [1.54, 1.807) is 16.6 Å². The molecule has 1 fully saturated rings. The van der Waals surface area contributed by atoms with Gasteiger partial charge in [0.15, 0.2) is 0 Å². The summed E-state index contributed by atoms with van der Waals surface area (Å²) in [5, 5.41) is 5.42. The number of halogens is 1. The van der Waals surface area contributed by atoms with Crippen molar-refractivity contribution in [2.24, 2.45) is 0 Å². The Labute approximate surface area is 199 Å². The van der Waals surface area contributed by atoms with Gasteiger partial charge in [-0.05, 0) is 37.1 Å². The van der Waals surface area contributed by atoms with Crippen molar-refractivity contribution in [3.8, 4) is 16.9 Å². The van der Waals surface area contributed by atoms with Crippen LogP contribution < -0.4 is 0 Å². The van der Waals surface area contributed by atoms with Gasteiger partial charge in [0.2, 0.25) is 15.9 Å². The van der Waals surface area contributed by atoms with Gasteiger partial charge in [-0.25, -0.2) is 13.1 Å². The number of rotatable bonds is 6. The highest BCUT2D eigenvalue weighted by atomic mass is 35.5. The molecule has 9 heteroatoms. The summed E-state index contributed by atoms with van der Waals surface area (Å²) in [4.78, 5) is 14.9. The fourth-order valence-electron chi connectivity index (χ4n) is 4.23. The van der Waals surface area contributed by atoms with E-state index in [0.29, 0.717) is 24.5 Å². The second-order valence-electron chi connectivity index (χ2n) is 8.37. The minimum atomic E-state index is -3.46. The molecule has 0 spiro atoms. The highest BCUT2D eigenvalue weighted by molar-refractivity contribution is 7.88. The SMILES string of the molecule is CN(Cc1cn(-c2ccccc2)nc1-c1ccc(Cl)cc1)C(=O)C1CCCCN1S(C)(=O)=O. The maximum Gasteiger partial charge on any atom is 0.241 e. The average molecular weight is 487 g/mol. The molecule has 2 aromatic carbocycles. The predicted molar refractivity (Wildman–Crippen MR) is 130 cm³/mol. The minimum absolute atomic E-state index is 0.199. The number of hydrogen-bond acceptors (Lipinski definition) is 4. The van der Waals surface area contributed by atoms with E-state index < -0.39 is 16.1 Å². The molecule has 7 nitrogen and oxygen atoms in total. The van der Waals surface area contributed by atoms with Crippen molar-refractivity contribution in [2.75, 3.05) is 19.8 Å². The Morgan fingerprint density at radius 3 is 2.48 bits per heavy atom. The standard InChI is InChI=1S/C24H27ClN4O3S/c1-27(24(30)22-10-6-7-15-29(22)33(2,31)32)16-19-17-28(21-8-4-3-5-9-21)26-23(19)18-11-13-20(25)14-12-18/h3-5,8-9,11-14,17,22H,6-7,10,15-16H2,1-2H3. The Balaban J connectivity index is 1.65. The van der Waals surface area contributed by atoms with Crippen LogP contribution in [0.4, 0.5) is 0 Å². The van der Waals surface area contributed by atoms with E-state index in [0.717, 1.165) is 35.3 Å². The van der Waals surface area contributed by atoms with Gasteiger partial charge in [0.25, 0.3) is 0 Å². The third-order valence-electron chi connectivity index (χ3n) is 5.88. The smallest absolute Gasteiger partial charge is 0.241 e. The van der Waals surface area contributed by atoms with E-state index in [1.165, 1.54) is 10.6 Å². The van der Waals surface area contributed by atoms with Crippen molar-refractivity contribution in [3.63, 3.8) is 0 Å². The molecule has 1 aliphatic rings. The number of amides is 1. The van der Waals surface area contributed by atoms with Crippen LogP contribution in [-0.4, -0.2) is 59.2 Å². The second-order valence-corrected chi connectivity index (χ2v) is 10.7. The van der Waals surface area contributed by atoms with Crippen LogP contribution in [0.3, 0.4) is 0 Å². The third kappa shape index (κ3) is 5.29. The number of likely N-dealkylation sites (N-methyl/N-ethyl adjacent to an activating group) is 1. The van der Waals surface area contributed by atoms with Gasteiger partial charge < -0.3 is 4.90 Å². The zero-order valence-electron chi connectivity index (χ0n) is 18.7. The molecule has 0 aliphatic carbocycles. The Hall–Kier alpha value is -2.68. The maximum atomic E-state index is 13.3. The van der Waals surface area contributed by atoms with Crippen LogP contribution in [0, 0.1) is 0 Å². The van der Waals surface area contributed by atoms with Gasteiger partial charge >= 0.3 is 0 Å². The Morgan fingerprint density at radius 2 is 1.82 bits per heavy atom. The van der Waals surface area contributed by atoms with Crippen LogP contribution in [0.5, 0.6) is 0 Å². The van der Waals surface area contributed by atoms with E-state index in [2.05, 4.69) is 0 Å². The summed E-state index contributed by atoms with van der Waals surface area (Å²) in [5.41, 5.74) is 3.40. The van der Waals surface area contributed by atoms with Gasteiger partial charge in [0.1, 0.15) is 6.04 Å². The molecule has 0 N–H and O–H groups in total. The zero-order valence-corrected chi connectivity index (χ0v) is 20.3. The van der Waals surface area contributed by atoms with Crippen LogP contribution in [0.1, 0.15) is 24.8 Å².